The third-order valence-electron chi connectivity index (χ3n) is 7.51. The summed E-state index contributed by atoms with van der Waals surface area (Å²) in [6, 6.07) is 0. The van der Waals surface area contributed by atoms with Crippen molar-refractivity contribution in [3.8, 4) is 0 Å². The highest BCUT2D eigenvalue weighted by Crippen LogP contribution is 2.46. The summed E-state index contributed by atoms with van der Waals surface area (Å²) in [6.07, 6.45) is 8.60. The number of fused-ring (bicyclic) bond motifs is 1. The fraction of sp³-hybridized carbons (Fsp3) is 0.810. The first-order valence-electron chi connectivity index (χ1n) is 11.0. The first-order chi connectivity index (χ1) is 13.6. The number of aromatic nitrogens is 3. The Morgan fingerprint density at radius 3 is 2.36 bits per heavy atom. The Hall–Kier alpha value is -1.92. The average Bonchev–Trinajstić information content (AvgIpc) is 3.36. The molecule has 28 heavy (non-hydrogen) atoms. The number of rotatable bonds is 3. The van der Waals surface area contributed by atoms with Crippen LogP contribution in [0, 0.1) is 24.7 Å². The van der Waals surface area contributed by atoms with Gasteiger partial charge in [0, 0.05) is 43.9 Å². The van der Waals surface area contributed by atoms with Gasteiger partial charge in [-0.25, -0.2) is 4.98 Å². The van der Waals surface area contributed by atoms with Gasteiger partial charge < -0.3 is 9.80 Å². The van der Waals surface area contributed by atoms with Gasteiger partial charge in [-0.1, -0.05) is 19.3 Å². The number of carbonyl (C=O) groups is 2. The van der Waals surface area contributed by atoms with E-state index in [4.69, 9.17) is 0 Å². The minimum absolute atomic E-state index is 0.206. The van der Waals surface area contributed by atoms with E-state index in [1.807, 2.05) is 11.8 Å². The molecule has 7 heteroatoms. The minimum Gasteiger partial charge on any atom is -0.342 e. The fourth-order valence-electron chi connectivity index (χ4n) is 5.68. The van der Waals surface area contributed by atoms with Crippen LogP contribution < -0.4 is 0 Å². The summed E-state index contributed by atoms with van der Waals surface area (Å²) in [4.78, 5) is 34.7. The van der Waals surface area contributed by atoms with Crippen LogP contribution in [0.25, 0.3) is 0 Å². The van der Waals surface area contributed by atoms with Crippen molar-refractivity contribution in [2.24, 2.45) is 17.8 Å². The standard InChI is InChI=1S/C21H31N5O2/c1-14-22-20(24-23-14)21-9-10-25(18(27)15-5-3-2-4-6-15)11-17(21)12-26(13-21)19(28)16-7-8-16/h15-17H,2-13H2,1H3,(H,22,23,24)/t17-,21-/m1/s1. The molecule has 1 aromatic heterocycles. The zero-order valence-electron chi connectivity index (χ0n) is 16.8. The molecule has 0 spiro atoms. The molecule has 7 nitrogen and oxygen atoms in total. The van der Waals surface area contributed by atoms with Crippen LogP contribution in [0.2, 0.25) is 0 Å². The van der Waals surface area contributed by atoms with Gasteiger partial charge in [0.2, 0.25) is 11.8 Å². The van der Waals surface area contributed by atoms with Crippen molar-refractivity contribution >= 4 is 11.8 Å². The molecule has 2 aliphatic heterocycles. The maximum absolute atomic E-state index is 13.1. The van der Waals surface area contributed by atoms with Crippen LogP contribution >= 0.6 is 0 Å². The zero-order valence-corrected chi connectivity index (χ0v) is 16.8. The maximum atomic E-state index is 13.1. The van der Waals surface area contributed by atoms with E-state index in [2.05, 4.69) is 20.1 Å². The number of nitrogens with one attached hydrogen (secondary N) is 1. The smallest absolute Gasteiger partial charge is 0.225 e. The molecule has 3 heterocycles. The van der Waals surface area contributed by atoms with Gasteiger partial charge in [-0.2, -0.15) is 5.10 Å². The number of nitrogens with zero attached hydrogens (tertiary/aromatic N) is 4. The number of carbonyl (C=O) groups excluding carboxylic acids is 2. The third-order valence-corrected chi connectivity index (χ3v) is 7.51. The Morgan fingerprint density at radius 2 is 1.68 bits per heavy atom. The second kappa shape index (κ2) is 6.85. The molecule has 2 atom stereocenters. The van der Waals surface area contributed by atoms with Crippen molar-refractivity contribution in [2.45, 2.75) is 63.7 Å². The lowest BCUT2D eigenvalue weighted by atomic mass is 9.71. The van der Waals surface area contributed by atoms with Gasteiger partial charge in [0.15, 0.2) is 5.82 Å². The normalized spacial score (nSPS) is 31.1. The number of hydrogen-bond donors (Lipinski definition) is 1. The largest absolute Gasteiger partial charge is 0.342 e. The van der Waals surface area contributed by atoms with Crippen molar-refractivity contribution in [2.75, 3.05) is 26.2 Å². The number of amides is 2. The Kier molecular flexibility index (Phi) is 4.43. The highest BCUT2D eigenvalue weighted by atomic mass is 16.2. The Labute approximate surface area is 166 Å². The average molecular weight is 386 g/mol. The summed E-state index contributed by atoms with van der Waals surface area (Å²) in [5.41, 5.74) is -0.210. The molecule has 0 radical (unpaired) electrons. The first-order valence-corrected chi connectivity index (χ1v) is 11.0. The highest BCUT2D eigenvalue weighted by molar-refractivity contribution is 5.82. The summed E-state index contributed by atoms with van der Waals surface area (Å²) < 4.78 is 0. The molecule has 0 unspecified atom stereocenters. The van der Waals surface area contributed by atoms with E-state index >= 15 is 0 Å². The van der Waals surface area contributed by atoms with E-state index in [-0.39, 0.29) is 23.2 Å². The van der Waals surface area contributed by atoms with E-state index in [0.717, 1.165) is 63.4 Å². The Bertz CT molecular complexity index is 767. The van der Waals surface area contributed by atoms with Crippen LogP contribution in [-0.2, 0) is 15.0 Å². The van der Waals surface area contributed by atoms with Crippen LogP contribution in [0.15, 0.2) is 0 Å². The van der Waals surface area contributed by atoms with Crippen molar-refractivity contribution in [3.05, 3.63) is 11.6 Å². The van der Waals surface area contributed by atoms with Crippen LogP contribution in [-0.4, -0.2) is 63.0 Å². The summed E-state index contributed by atoms with van der Waals surface area (Å²) in [6.45, 7) is 4.85. The van der Waals surface area contributed by atoms with E-state index in [1.165, 1.54) is 19.3 Å². The molecule has 4 fully saturated rings. The molecule has 0 aromatic carbocycles. The van der Waals surface area contributed by atoms with Crippen molar-refractivity contribution in [1.82, 2.24) is 25.0 Å². The van der Waals surface area contributed by atoms with Gasteiger partial charge in [0.25, 0.3) is 0 Å². The SMILES string of the molecule is Cc1nc([C@@]23CCN(C(=O)C4CCCCC4)C[C@@H]2CN(C(=O)C2CC2)C3)n[nH]1. The number of H-pyrrole nitrogens is 1. The zero-order chi connectivity index (χ0) is 19.3. The van der Waals surface area contributed by atoms with Gasteiger partial charge in [-0.15, -0.1) is 0 Å². The van der Waals surface area contributed by atoms with E-state index in [0.29, 0.717) is 18.4 Å². The molecular formula is C21H31N5O2. The summed E-state index contributed by atoms with van der Waals surface area (Å²) in [5, 5.41) is 7.50. The number of aryl methyl sites for hydroxylation is 1. The predicted octanol–water partition coefficient (Wildman–Crippen LogP) is 2.03. The molecule has 2 aliphatic carbocycles. The highest BCUT2D eigenvalue weighted by Gasteiger charge is 2.55. The number of piperidine rings is 1. The summed E-state index contributed by atoms with van der Waals surface area (Å²) >= 11 is 0. The minimum atomic E-state index is -0.210. The monoisotopic (exact) mass is 385 g/mol. The number of likely N-dealkylation sites (tertiary alicyclic amines) is 2. The van der Waals surface area contributed by atoms with E-state index in [9.17, 15) is 9.59 Å². The summed E-state index contributed by atoms with van der Waals surface area (Å²) in [7, 11) is 0. The van der Waals surface area contributed by atoms with Crippen molar-refractivity contribution < 1.29 is 9.59 Å². The van der Waals surface area contributed by atoms with Gasteiger partial charge in [0.1, 0.15) is 5.82 Å². The van der Waals surface area contributed by atoms with Gasteiger partial charge in [-0.3, -0.25) is 14.7 Å². The topological polar surface area (TPSA) is 82.2 Å². The maximum Gasteiger partial charge on any atom is 0.225 e. The molecule has 0 bridgehead atoms. The fourth-order valence-corrected chi connectivity index (χ4v) is 5.68. The quantitative estimate of drug-likeness (QED) is 0.863. The van der Waals surface area contributed by atoms with Crippen LogP contribution in [0.1, 0.15) is 63.0 Å². The van der Waals surface area contributed by atoms with Crippen LogP contribution in [0.3, 0.4) is 0 Å². The lowest BCUT2D eigenvalue weighted by Crippen LogP contribution is -2.53. The molecular weight excluding hydrogens is 354 g/mol. The van der Waals surface area contributed by atoms with E-state index < -0.39 is 0 Å². The second-order valence-corrected chi connectivity index (χ2v) is 9.46. The van der Waals surface area contributed by atoms with Crippen LogP contribution in [0.4, 0.5) is 0 Å². The molecule has 2 saturated heterocycles. The van der Waals surface area contributed by atoms with Crippen molar-refractivity contribution in [3.63, 3.8) is 0 Å². The molecule has 2 amide bonds. The van der Waals surface area contributed by atoms with Gasteiger partial charge in [-0.05, 0) is 39.0 Å². The van der Waals surface area contributed by atoms with E-state index in [1.54, 1.807) is 0 Å². The lowest BCUT2D eigenvalue weighted by Gasteiger charge is -2.43. The molecule has 2 saturated carbocycles. The lowest BCUT2D eigenvalue weighted by molar-refractivity contribution is -0.139. The van der Waals surface area contributed by atoms with Gasteiger partial charge in [0.05, 0.1) is 5.41 Å². The third kappa shape index (κ3) is 3.03. The molecule has 1 N–H and O–H groups in total. The molecule has 4 aliphatic rings. The number of aromatic amines is 1. The second-order valence-electron chi connectivity index (χ2n) is 9.46. The van der Waals surface area contributed by atoms with Crippen LogP contribution in [0.5, 0.6) is 0 Å². The summed E-state index contributed by atoms with van der Waals surface area (Å²) in [5.74, 6) is 2.95. The molecule has 5 rings (SSSR count). The molecule has 1 aromatic rings. The predicted molar refractivity (Wildman–Crippen MR) is 103 cm³/mol. The number of hydrogen-bond acceptors (Lipinski definition) is 4. The van der Waals surface area contributed by atoms with Crippen molar-refractivity contribution in [1.29, 1.82) is 0 Å². The first kappa shape index (κ1) is 18.1. The Balaban J connectivity index is 1.38. The molecule has 152 valence electrons. The Morgan fingerprint density at radius 1 is 1.00 bits per heavy atom. The van der Waals surface area contributed by atoms with Gasteiger partial charge >= 0.3 is 0 Å².